The van der Waals surface area contributed by atoms with Crippen LogP contribution in [-0.2, 0) is 19.3 Å². The van der Waals surface area contributed by atoms with Crippen molar-refractivity contribution in [2.45, 2.75) is 26.2 Å². The molecule has 0 saturated carbocycles. The first-order chi connectivity index (χ1) is 9.22. The first-order valence-corrected chi connectivity index (χ1v) is 8.74. The second-order valence-electron chi connectivity index (χ2n) is 4.74. The molecule has 0 bridgehead atoms. The number of alkyl halides is 1. The van der Waals surface area contributed by atoms with Crippen LogP contribution in [0.25, 0.3) is 0 Å². The number of benzene rings is 1. The van der Waals surface area contributed by atoms with Crippen LogP contribution in [-0.4, -0.2) is 5.88 Å². The van der Waals surface area contributed by atoms with E-state index in [9.17, 15) is 0 Å². The van der Waals surface area contributed by atoms with Crippen LogP contribution in [0.4, 0.5) is 0 Å². The summed E-state index contributed by atoms with van der Waals surface area (Å²) < 4.78 is 1.19. The quantitative estimate of drug-likeness (QED) is 0.581. The van der Waals surface area contributed by atoms with E-state index in [-0.39, 0.29) is 0 Å². The Morgan fingerprint density at radius 1 is 1.11 bits per heavy atom. The number of rotatable bonds is 6. The van der Waals surface area contributed by atoms with Crippen molar-refractivity contribution in [3.8, 4) is 0 Å². The molecule has 102 valence electrons. The molecule has 3 heteroatoms. The van der Waals surface area contributed by atoms with Crippen LogP contribution in [0.15, 0.2) is 40.9 Å². The number of hydrogen-bond acceptors (Lipinski definition) is 1. The van der Waals surface area contributed by atoms with Gasteiger partial charge in [0.25, 0.3) is 0 Å². The lowest BCUT2D eigenvalue weighted by molar-refractivity contribution is 0.588. The molecule has 1 atom stereocenters. The van der Waals surface area contributed by atoms with Gasteiger partial charge in [-0.2, -0.15) is 0 Å². The maximum absolute atomic E-state index is 6.15. The Hall–Kier alpha value is -0.310. The van der Waals surface area contributed by atoms with E-state index in [1.54, 1.807) is 0 Å². The highest BCUT2D eigenvalue weighted by Gasteiger charge is 2.12. The highest BCUT2D eigenvalue weighted by molar-refractivity contribution is 9.10. The lowest BCUT2D eigenvalue weighted by atomic mass is 9.97. The van der Waals surface area contributed by atoms with Crippen LogP contribution < -0.4 is 0 Å². The van der Waals surface area contributed by atoms with Gasteiger partial charge in [0.05, 0.1) is 0 Å². The molecule has 0 amide bonds. The van der Waals surface area contributed by atoms with E-state index in [2.05, 4.69) is 59.3 Å². The third-order valence-electron chi connectivity index (χ3n) is 3.24. The highest BCUT2D eigenvalue weighted by Crippen LogP contribution is 2.25. The van der Waals surface area contributed by atoms with E-state index in [0.29, 0.717) is 11.8 Å². The zero-order valence-corrected chi connectivity index (χ0v) is 14.2. The monoisotopic (exact) mass is 356 g/mol. The summed E-state index contributed by atoms with van der Waals surface area (Å²) in [6.45, 7) is 2.20. The fraction of sp³-hybridized carbons (Fsp3) is 0.375. The van der Waals surface area contributed by atoms with Crippen molar-refractivity contribution in [2.75, 3.05) is 5.88 Å². The van der Waals surface area contributed by atoms with Crippen molar-refractivity contribution in [1.29, 1.82) is 0 Å². The molecule has 0 saturated heterocycles. The zero-order valence-electron chi connectivity index (χ0n) is 11.0. The van der Waals surface area contributed by atoms with E-state index >= 15 is 0 Å². The van der Waals surface area contributed by atoms with Crippen LogP contribution >= 0.6 is 38.9 Å². The van der Waals surface area contributed by atoms with E-state index < -0.39 is 0 Å². The highest BCUT2D eigenvalue weighted by atomic mass is 79.9. The van der Waals surface area contributed by atoms with Crippen LogP contribution in [0.2, 0.25) is 0 Å². The molecule has 1 aromatic heterocycles. The Balaban J connectivity index is 2.02. The van der Waals surface area contributed by atoms with Crippen molar-refractivity contribution in [1.82, 2.24) is 0 Å². The third-order valence-corrected chi connectivity index (χ3v) is 5.70. The fourth-order valence-electron chi connectivity index (χ4n) is 2.16. The third kappa shape index (κ3) is 4.34. The summed E-state index contributed by atoms with van der Waals surface area (Å²) in [4.78, 5) is 2.92. The zero-order chi connectivity index (χ0) is 13.7. The van der Waals surface area contributed by atoms with Gasteiger partial charge in [0.2, 0.25) is 0 Å². The van der Waals surface area contributed by atoms with E-state index in [0.717, 1.165) is 19.3 Å². The Morgan fingerprint density at radius 2 is 1.84 bits per heavy atom. The lowest BCUT2D eigenvalue weighted by Crippen LogP contribution is -2.09. The molecular formula is C16H18BrClS. The first-order valence-electron chi connectivity index (χ1n) is 6.60. The molecule has 1 aromatic carbocycles. The molecule has 2 aromatic rings. The average molecular weight is 358 g/mol. The molecule has 0 aliphatic carbocycles. The molecule has 2 rings (SSSR count). The van der Waals surface area contributed by atoms with E-state index in [1.165, 1.54) is 19.8 Å². The topological polar surface area (TPSA) is 0 Å². The molecule has 0 aliphatic rings. The predicted octanol–water partition coefficient (Wildman–Crippen LogP) is 5.71. The van der Waals surface area contributed by atoms with Crippen molar-refractivity contribution in [2.24, 2.45) is 5.92 Å². The van der Waals surface area contributed by atoms with Gasteiger partial charge in [-0.3, -0.25) is 0 Å². The van der Waals surface area contributed by atoms with Crippen molar-refractivity contribution < 1.29 is 0 Å². The number of aryl methyl sites for hydroxylation is 1. The maximum Gasteiger partial charge on any atom is 0.0258 e. The largest absolute Gasteiger partial charge is 0.145 e. The molecule has 1 unspecified atom stereocenters. The first kappa shape index (κ1) is 15.1. The minimum absolute atomic E-state index is 0.503. The summed E-state index contributed by atoms with van der Waals surface area (Å²) >= 11 is 11.7. The predicted molar refractivity (Wildman–Crippen MR) is 89.5 cm³/mol. The smallest absolute Gasteiger partial charge is 0.0258 e. The molecule has 0 radical (unpaired) electrons. The number of thiophene rings is 1. The van der Waals surface area contributed by atoms with Crippen LogP contribution in [0, 0.1) is 5.92 Å². The van der Waals surface area contributed by atoms with Gasteiger partial charge in [-0.1, -0.05) is 41.1 Å². The number of halogens is 2. The summed E-state index contributed by atoms with van der Waals surface area (Å²) in [6, 6.07) is 12.9. The van der Waals surface area contributed by atoms with E-state index in [1.807, 2.05) is 11.3 Å². The van der Waals surface area contributed by atoms with Crippen molar-refractivity contribution in [3.63, 3.8) is 0 Å². The van der Waals surface area contributed by atoms with Gasteiger partial charge in [0.15, 0.2) is 0 Å². The minimum atomic E-state index is 0.503. The van der Waals surface area contributed by atoms with Gasteiger partial charge in [-0.15, -0.1) is 22.9 Å². The number of hydrogen-bond donors (Lipinski definition) is 0. The normalized spacial score (nSPS) is 12.6. The summed E-state index contributed by atoms with van der Waals surface area (Å²) in [5, 5.41) is 0. The van der Waals surface area contributed by atoms with Gasteiger partial charge in [0.1, 0.15) is 0 Å². The summed E-state index contributed by atoms with van der Waals surface area (Å²) in [7, 11) is 0. The van der Waals surface area contributed by atoms with Crippen LogP contribution in [0.3, 0.4) is 0 Å². The van der Waals surface area contributed by atoms with Crippen LogP contribution in [0.5, 0.6) is 0 Å². The standard InChI is InChI=1S/C16H18BrClS/c1-2-14-7-8-15(19-14)10-12(11-18)9-13-5-3-4-6-16(13)17/h3-8,12H,2,9-11H2,1H3. The Labute approximate surface area is 132 Å². The molecule has 0 fully saturated rings. The van der Waals surface area contributed by atoms with Crippen molar-refractivity contribution in [3.05, 3.63) is 56.2 Å². The molecule has 0 nitrogen and oxygen atoms in total. The minimum Gasteiger partial charge on any atom is -0.145 e. The second kappa shape index (κ2) is 7.47. The molecular weight excluding hydrogens is 340 g/mol. The maximum atomic E-state index is 6.15. The summed E-state index contributed by atoms with van der Waals surface area (Å²) in [6.07, 6.45) is 3.24. The summed E-state index contributed by atoms with van der Waals surface area (Å²) in [5.74, 6) is 1.21. The van der Waals surface area contributed by atoms with E-state index in [4.69, 9.17) is 11.6 Å². The lowest BCUT2D eigenvalue weighted by Gasteiger charge is -2.14. The van der Waals surface area contributed by atoms with Crippen molar-refractivity contribution >= 4 is 38.9 Å². The molecule has 1 heterocycles. The van der Waals surface area contributed by atoms with Crippen LogP contribution in [0.1, 0.15) is 22.2 Å². The van der Waals surface area contributed by atoms with Gasteiger partial charge >= 0.3 is 0 Å². The molecule has 19 heavy (non-hydrogen) atoms. The van der Waals surface area contributed by atoms with Gasteiger partial charge < -0.3 is 0 Å². The Morgan fingerprint density at radius 3 is 2.47 bits per heavy atom. The Kier molecular flexibility index (Phi) is 5.93. The Bertz CT molecular complexity index is 521. The van der Waals surface area contributed by atoms with Gasteiger partial charge in [0, 0.05) is 20.1 Å². The SMILES string of the molecule is CCc1ccc(CC(CCl)Cc2ccccc2Br)s1. The molecule has 0 N–H and O–H groups in total. The van der Waals surface area contributed by atoms with Gasteiger partial charge in [-0.05, 0) is 48.9 Å². The second-order valence-corrected chi connectivity index (χ2v) is 7.16. The fourth-order valence-corrected chi connectivity index (χ4v) is 3.90. The molecule has 0 spiro atoms. The summed E-state index contributed by atoms with van der Waals surface area (Å²) in [5.41, 5.74) is 1.35. The van der Waals surface area contributed by atoms with Gasteiger partial charge in [-0.25, -0.2) is 0 Å². The average Bonchev–Trinajstić information content (AvgIpc) is 2.88. The molecule has 0 aliphatic heterocycles.